The Bertz CT molecular complexity index is 1800. The number of halogens is 1. The maximum atomic E-state index is 13.8. The number of aromatic amines is 1. The van der Waals surface area contributed by atoms with Gasteiger partial charge < -0.3 is 26.6 Å². The van der Waals surface area contributed by atoms with Crippen LogP contribution < -0.4 is 21.7 Å². The van der Waals surface area contributed by atoms with E-state index < -0.39 is 6.04 Å². The van der Waals surface area contributed by atoms with Crippen molar-refractivity contribution in [2.45, 2.75) is 70.9 Å². The highest BCUT2D eigenvalue weighted by molar-refractivity contribution is 5.98. The van der Waals surface area contributed by atoms with E-state index in [0.717, 1.165) is 85.0 Å². The molecule has 6 rings (SSSR count). The van der Waals surface area contributed by atoms with Crippen LogP contribution in [0.15, 0.2) is 60.7 Å². The van der Waals surface area contributed by atoms with Crippen molar-refractivity contribution in [2.75, 3.05) is 32.0 Å². The number of hydrogen-bond acceptors (Lipinski definition) is 8. The molecule has 0 spiro atoms. The van der Waals surface area contributed by atoms with Crippen LogP contribution in [0.25, 0.3) is 22.5 Å². The molecule has 1 aromatic heterocycles. The van der Waals surface area contributed by atoms with Crippen LogP contribution in [0.2, 0.25) is 0 Å². The topological polar surface area (TPSA) is 171 Å². The van der Waals surface area contributed by atoms with E-state index in [2.05, 4.69) is 55.4 Å². The van der Waals surface area contributed by atoms with Gasteiger partial charge in [-0.05, 0) is 154 Å². The van der Waals surface area contributed by atoms with Gasteiger partial charge in [-0.25, -0.2) is 0 Å². The minimum atomic E-state index is -0.789. The lowest BCUT2D eigenvalue weighted by molar-refractivity contribution is -0.130. The summed E-state index contributed by atoms with van der Waals surface area (Å²) in [6.45, 7) is 6.70. The third-order valence-electron chi connectivity index (χ3n) is 10.6. The van der Waals surface area contributed by atoms with Crippen molar-refractivity contribution in [1.29, 1.82) is 0 Å². The van der Waals surface area contributed by atoms with Gasteiger partial charge in [0.05, 0.1) is 0 Å². The quantitative estimate of drug-likeness (QED) is 0.146. The van der Waals surface area contributed by atoms with Crippen molar-refractivity contribution in [3.63, 3.8) is 0 Å². The number of nitrogens with zero attached hydrogens (tertiary/aromatic N) is 4. The number of carbonyl (C=O) groups is 3. The second-order valence-electron chi connectivity index (χ2n) is 14.2. The van der Waals surface area contributed by atoms with Crippen LogP contribution in [0.1, 0.15) is 65.6 Å². The summed E-state index contributed by atoms with van der Waals surface area (Å²) in [7, 11) is 2.11. The molecule has 0 bridgehead atoms. The molecule has 1 aliphatic heterocycles. The predicted molar refractivity (Wildman–Crippen MR) is 205 cm³/mol. The zero-order valence-electron chi connectivity index (χ0n) is 30.2. The van der Waals surface area contributed by atoms with Crippen LogP contribution in [0.3, 0.4) is 0 Å². The van der Waals surface area contributed by atoms with E-state index in [-0.39, 0.29) is 42.1 Å². The number of piperidine rings is 1. The summed E-state index contributed by atoms with van der Waals surface area (Å²) in [5, 5.41) is 23.3. The van der Waals surface area contributed by atoms with E-state index in [0.29, 0.717) is 36.0 Å². The van der Waals surface area contributed by atoms with Gasteiger partial charge >= 0.3 is 0 Å². The lowest BCUT2D eigenvalue weighted by Gasteiger charge is -2.29. The van der Waals surface area contributed by atoms with Gasteiger partial charge in [-0.2, -0.15) is 5.21 Å². The van der Waals surface area contributed by atoms with Gasteiger partial charge in [-0.15, -0.1) is 22.6 Å². The van der Waals surface area contributed by atoms with E-state index in [9.17, 15) is 14.4 Å². The number of hydrogen-bond donors (Lipinski definition) is 5. The highest BCUT2D eigenvalue weighted by atomic mass is 35.5. The SMILES string of the molecule is Cc1cc(C(=O)NC2CCN(C)CC2)cc(-c2ccc(C[C@H](NC(=O)[C@H]3CC[C@H](CN)CC3)C(=O)Nc3ccc(-c4nn[nH]n4)cc3)cc2)c1C.Cl. The molecule has 13 heteroatoms. The van der Waals surface area contributed by atoms with Crippen LogP contribution in [0, 0.1) is 25.7 Å². The van der Waals surface area contributed by atoms with Crippen molar-refractivity contribution < 1.29 is 14.4 Å². The summed E-state index contributed by atoms with van der Waals surface area (Å²) in [4.78, 5) is 42.8. The van der Waals surface area contributed by atoms with Gasteiger partial charge in [0, 0.05) is 35.2 Å². The van der Waals surface area contributed by atoms with E-state index >= 15 is 0 Å². The molecule has 276 valence electrons. The highest BCUT2D eigenvalue weighted by Gasteiger charge is 2.29. The number of amides is 3. The Labute approximate surface area is 311 Å². The maximum absolute atomic E-state index is 13.8. The van der Waals surface area contributed by atoms with Crippen LogP contribution in [-0.2, 0) is 16.0 Å². The Morgan fingerprint density at radius 2 is 1.60 bits per heavy atom. The van der Waals surface area contributed by atoms with Gasteiger partial charge in [0.1, 0.15) is 6.04 Å². The van der Waals surface area contributed by atoms with Gasteiger partial charge in [0.25, 0.3) is 5.91 Å². The summed E-state index contributed by atoms with van der Waals surface area (Å²) in [6.07, 6.45) is 5.57. The number of nitrogens with one attached hydrogen (secondary N) is 4. The smallest absolute Gasteiger partial charge is 0.251 e. The number of rotatable bonds is 11. The minimum Gasteiger partial charge on any atom is -0.349 e. The molecule has 1 saturated heterocycles. The fourth-order valence-corrected chi connectivity index (χ4v) is 7.14. The molecule has 1 aliphatic carbocycles. The maximum Gasteiger partial charge on any atom is 0.251 e. The van der Waals surface area contributed by atoms with E-state index in [1.165, 1.54) is 0 Å². The fraction of sp³-hybridized carbons (Fsp3) is 0.436. The molecule has 1 atom stereocenters. The number of aryl methyl sites for hydroxylation is 1. The monoisotopic (exact) mass is 727 g/mol. The number of anilines is 1. The molecular weight excluding hydrogens is 678 g/mol. The predicted octanol–water partition coefficient (Wildman–Crippen LogP) is 4.83. The lowest BCUT2D eigenvalue weighted by Crippen LogP contribution is -2.48. The van der Waals surface area contributed by atoms with Gasteiger partial charge in [0.15, 0.2) is 0 Å². The van der Waals surface area contributed by atoms with E-state index in [4.69, 9.17) is 5.73 Å². The molecule has 52 heavy (non-hydrogen) atoms. The minimum absolute atomic E-state index is 0. The van der Waals surface area contributed by atoms with E-state index in [1.54, 1.807) is 24.3 Å². The molecule has 2 aliphatic rings. The fourth-order valence-electron chi connectivity index (χ4n) is 7.14. The molecule has 6 N–H and O–H groups in total. The highest BCUT2D eigenvalue weighted by Crippen LogP contribution is 2.30. The summed E-state index contributed by atoms with van der Waals surface area (Å²) in [6, 6.07) is 18.5. The number of benzene rings is 3. The third-order valence-corrected chi connectivity index (χ3v) is 10.6. The normalized spacial score (nSPS) is 18.5. The molecule has 4 aromatic rings. The number of aromatic nitrogens is 4. The van der Waals surface area contributed by atoms with Crippen molar-refractivity contribution in [2.24, 2.45) is 17.6 Å². The summed E-state index contributed by atoms with van der Waals surface area (Å²) >= 11 is 0. The van der Waals surface area contributed by atoms with Crippen molar-refractivity contribution in [3.05, 3.63) is 82.9 Å². The zero-order chi connectivity index (χ0) is 35.9. The number of nitrogens with two attached hydrogens (primary N) is 1. The Morgan fingerprint density at radius 1 is 0.923 bits per heavy atom. The van der Waals surface area contributed by atoms with Crippen molar-refractivity contribution in [3.8, 4) is 22.5 Å². The second-order valence-corrected chi connectivity index (χ2v) is 14.2. The number of carbonyl (C=O) groups excluding carboxylic acids is 3. The Kier molecular flexibility index (Phi) is 13.1. The van der Waals surface area contributed by atoms with Crippen LogP contribution in [0.4, 0.5) is 5.69 Å². The molecule has 0 unspecified atom stereocenters. The van der Waals surface area contributed by atoms with Crippen LogP contribution >= 0.6 is 12.4 Å². The average molecular weight is 728 g/mol. The first-order chi connectivity index (χ1) is 24.7. The Hall–Kier alpha value is -4.65. The number of H-pyrrole nitrogens is 1. The number of likely N-dealkylation sites (tertiary alicyclic amines) is 1. The summed E-state index contributed by atoms with van der Waals surface area (Å²) in [5.41, 5.74) is 12.9. The third kappa shape index (κ3) is 9.61. The largest absolute Gasteiger partial charge is 0.349 e. The molecule has 0 radical (unpaired) electrons. The molecule has 3 amide bonds. The average Bonchev–Trinajstić information content (AvgIpc) is 3.69. The molecule has 3 aromatic carbocycles. The van der Waals surface area contributed by atoms with Crippen LogP contribution in [-0.4, -0.2) is 82.0 Å². The molecule has 12 nitrogen and oxygen atoms in total. The lowest BCUT2D eigenvalue weighted by atomic mass is 9.81. The summed E-state index contributed by atoms with van der Waals surface area (Å²) in [5.74, 6) is 0.315. The standard InChI is InChI=1S/C39H49N9O3.ClH/c1-24-20-31(38(50)41-33-16-18-48(3)19-17-33)22-34(25(24)2)28-8-4-26(5-9-28)21-35(43-37(49)30-10-6-27(23-40)7-11-30)39(51)42-32-14-12-29(13-15-32)36-44-46-47-45-36;/h4-5,8-9,12-15,20,22,27,30,33,35H,6-7,10-11,16-19,21,23,40H2,1-3H3,(H,41,50)(H,42,51)(H,43,49)(H,44,45,46,47);1H/t27-,30-,35-;/m0./s1. The van der Waals surface area contributed by atoms with E-state index in [1.807, 2.05) is 43.3 Å². The first-order valence-corrected chi connectivity index (χ1v) is 18.0. The number of tetrazole rings is 1. The Morgan fingerprint density at radius 3 is 2.23 bits per heavy atom. The first kappa shape index (κ1) is 38.6. The second kappa shape index (κ2) is 17.7. The molecule has 2 heterocycles. The summed E-state index contributed by atoms with van der Waals surface area (Å²) < 4.78 is 0. The first-order valence-electron chi connectivity index (χ1n) is 18.0. The molecule has 2 fully saturated rings. The van der Waals surface area contributed by atoms with Gasteiger partial charge in [-0.1, -0.05) is 24.3 Å². The van der Waals surface area contributed by atoms with Gasteiger partial charge in [0.2, 0.25) is 17.6 Å². The Balaban J connectivity index is 0.00000523. The van der Waals surface area contributed by atoms with Crippen molar-refractivity contribution >= 4 is 35.8 Å². The van der Waals surface area contributed by atoms with Crippen molar-refractivity contribution in [1.82, 2.24) is 36.2 Å². The van der Waals surface area contributed by atoms with Crippen LogP contribution in [0.5, 0.6) is 0 Å². The molecular formula is C39H50ClN9O3. The zero-order valence-corrected chi connectivity index (χ0v) is 31.0. The van der Waals surface area contributed by atoms with Gasteiger partial charge in [-0.3, -0.25) is 14.4 Å². The molecule has 1 saturated carbocycles.